The molecular weight excluding hydrogens is 160 g/mol. The van der Waals surface area contributed by atoms with Gasteiger partial charge in [-0.1, -0.05) is 0 Å². The molecule has 0 aromatic carbocycles. The molecule has 2 nitrogen and oxygen atoms in total. The second-order valence-corrected chi connectivity index (χ2v) is 3.22. The number of carbonyl (C=O) groups is 2. The third kappa shape index (κ3) is 1.74. The smallest absolute Gasteiger partial charge is 0.169 e. The Morgan fingerprint density at radius 1 is 1.27 bits per heavy atom. The zero-order chi connectivity index (χ0) is 8.43. The van der Waals surface area contributed by atoms with Crippen LogP contribution in [0.2, 0.25) is 0 Å². The molecule has 1 aromatic rings. The highest BCUT2D eigenvalue weighted by Crippen LogP contribution is 2.15. The van der Waals surface area contributed by atoms with Crippen LogP contribution < -0.4 is 0 Å². The van der Waals surface area contributed by atoms with Crippen molar-refractivity contribution in [1.29, 1.82) is 0 Å². The third-order valence-electron chi connectivity index (χ3n) is 1.35. The van der Waals surface area contributed by atoms with E-state index in [2.05, 4.69) is 0 Å². The number of hydrogen-bond acceptors (Lipinski definition) is 3. The van der Waals surface area contributed by atoms with E-state index in [-0.39, 0.29) is 11.6 Å². The van der Waals surface area contributed by atoms with Crippen molar-refractivity contribution >= 4 is 22.9 Å². The molecule has 0 aliphatic rings. The van der Waals surface area contributed by atoms with E-state index in [4.69, 9.17) is 0 Å². The van der Waals surface area contributed by atoms with Crippen molar-refractivity contribution in [2.45, 2.75) is 13.8 Å². The molecular formula is C8H8O2S. The molecule has 1 rings (SSSR count). The van der Waals surface area contributed by atoms with Crippen LogP contribution in [0, 0.1) is 0 Å². The monoisotopic (exact) mass is 168 g/mol. The number of thiophene rings is 1. The first-order chi connectivity index (χ1) is 5.11. The van der Waals surface area contributed by atoms with Crippen LogP contribution in [-0.2, 0) is 0 Å². The van der Waals surface area contributed by atoms with Crippen molar-refractivity contribution in [2.24, 2.45) is 0 Å². The standard InChI is InChI=1S/C8H8O2S/c1-5(9)7-3-8(6(2)10)11-4-7/h3-4H,1-2H3. The summed E-state index contributed by atoms with van der Waals surface area (Å²) < 4.78 is 0. The van der Waals surface area contributed by atoms with Crippen LogP contribution >= 0.6 is 11.3 Å². The van der Waals surface area contributed by atoms with E-state index in [1.54, 1.807) is 11.4 Å². The molecule has 0 saturated carbocycles. The molecule has 0 radical (unpaired) electrons. The van der Waals surface area contributed by atoms with Gasteiger partial charge < -0.3 is 0 Å². The summed E-state index contributed by atoms with van der Waals surface area (Å²) in [5, 5.41) is 1.71. The Labute approximate surface area is 68.9 Å². The first kappa shape index (κ1) is 8.14. The molecule has 0 saturated heterocycles. The summed E-state index contributed by atoms with van der Waals surface area (Å²) in [5.74, 6) is 0.0243. The van der Waals surface area contributed by atoms with Crippen molar-refractivity contribution in [3.63, 3.8) is 0 Å². The quantitative estimate of drug-likeness (QED) is 0.634. The highest BCUT2D eigenvalue weighted by Gasteiger charge is 2.06. The molecule has 0 aliphatic carbocycles. The molecule has 11 heavy (non-hydrogen) atoms. The van der Waals surface area contributed by atoms with Gasteiger partial charge in [-0.15, -0.1) is 11.3 Å². The topological polar surface area (TPSA) is 34.1 Å². The van der Waals surface area contributed by atoms with Crippen LogP contribution in [0.1, 0.15) is 33.9 Å². The molecule has 0 amide bonds. The van der Waals surface area contributed by atoms with Crippen LogP contribution in [0.25, 0.3) is 0 Å². The number of hydrogen-bond donors (Lipinski definition) is 0. The zero-order valence-corrected chi connectivity index (χ0v) is 7.20. The maximum absolute atomic E-state index is 10.8. The van der Waals surface area contributed by atoms with E-state index in [9.17, 15) is 9.59 Å². The van der Waals surface area contributed by atoms with Crippen LogP contribution in [0.4, 0.5) is 0 Å². The molecule has 0 fully saturated rings. The molecule has 0 bridgehead atoms. The number of rotatable bonds is 2. The first-order valence-corrected chi connectivity index (χ1v) is 4.09. The largest absolute Gasteiger partial charge is 0.294 e. The fourth-order valence-electron chi connectivity index (χ4n) is 0.705. The van der Waals surface area contributed by atoms with E-state index in [0.29, 0.717) is 10.4 Å². The van der Waals surface area contributed by atoms with E-state index >= 15 is 0 Å². The second kappa shape index (κ2) is 2.96. The van der Waals surface area contributed by atoms with Gasteiger partial charge in [0.05, 0.1) is 4.88 Å². The number of Topliss-reactive ketones (excluding diaryl/α,β-unsaturated/α-hetero) is 2. The van der Waals surface area contributed by atoms with Gasteiger partial charge in [0.15, 0.2) is 11.6 Å². The minimum Gasteiger partial charge on any atom is -0.294 e. The van der Waals surface area contributed by atoms with Crippen LogP contribution in [0.3, 0.4) is 0 Å². The Bertz CT molecular complexity index is 270. The summed E-state index contributed by atoms with van der Waals surface area (Å²) in [7, 11) is 0. The minimum absolute atomic E-state index is 0.00810. The SMILES string of the molecule is CC(=O)c1csc(C(C)=O)c1. The lowest BCUT2D eigenvalue weighted by atomic mass is 10.2. The van der Waals surface area contributed by atoms with Gasteiger partial charge in [-0.3, -0.25) is 9.59 Å². The van der Waals surface area contributed by atoms with Gasteiger partial charge in [0.1, 0.15) is 0 Å². The summed E-state index contributed by atoms with van der Waals surface area (Å²) in [6, 6.07) is 1.63. The van der Waals surface area contributed by atoms with Crippen molar-refractivity contribution in [3.05, 3.63) is 21.9 Å². The molecule has 1 aromatic heterocycles. The van der Waals surface area contributed by atoms with E-state index in [0.717, 1.165) is 0 Å². The Morgan fingerprint density at radius 2 is 1.91 bits per heavy atom. The van der Waals surface area contributed by atoms with Crippen molar-refractivity contribution in [2.75, 3.05) is 0 Å². The van der Waals surface area contributed by atoms with E-state index in [1.807, 2.05) is 0 Å². The van der Waals surface area contributed by atoms with Gasteiger partial charge >= 0.3 is 0 Å². The second-order valence-electron chi connectivity index (χ2n) is 2.31. The summed E-state index contributed by atoms with van der Waals surface area (Å²) in [4.78, 5) is 22.2. The maximum Gasteiger partial charge on any atom is 0.169 e. The summed E-state index contributed by atoms with van der Waals surface area (Å²) in [6.45, 7) is 2.99. The van der Waals surface area contributed by atoms with Crippen LogP contribution in [-0.4, -0.2) is 11.6 Å². The van der Waals surface area contributed by atoms with Crippen molar-refractivity contribution in [3.8, 4) is 0 Å². The zero-order valence-electron chi connectivity index (χ0n) is 6.38. The lowest BCUT2D eigenvalue weighted by Gasteiger charge is -1.83. The molecule has 0 N–H and O–H groups in total. The summed E-state index contributed by atoms with van der Waals surface area (Å²) in [6.07, 6.45) is 0. The Kier molecular flexibility index (Phi) is 2.19. The molecule has 0 atom stereocenters. The minimum atomic E-state index is 0.00810. The van der Waals surface area contributed by atoms with Gasteiger partial charge in [0.25, 0.3) is 0 Å². The fraction of sp³-hybridized carbons (Fsp3) is 0.250. The van der Waals surface area contributed by atoms with E-state index < -0.39 is 0 Å². The third-order valence-corrected chi connectivity index (χ3v) is 2.38. The Balaban J connectivity index is 2.99. The number of carbonyl (C=O) groups excluding carboxylic acids is 2. The van der Waals surface area contributed by atoms with E-state index in [1.165, 1.54) is 25.2 Å². The number of ketones is 2. The maximum atomic E-state index is 10.8. The Morgan fingerprint density at radius 3 is 2.18 bits per heavy atom. The highest BCUT2D eigenvalue weighted by atomic mass is 32.1. The Hall–Kier alpha value is -0.960. The lowest BCUT2D eigenvalue weighted by Crippen LogP contribution is -1.89. The van der Waals surface area contributed by atoms with Crippen LogP contribution in [0.15, 0.2) is 11.4 Å². The predicted octanol–water partition coefficient (Wildman–Crippen LogP) is 2.15. The molecule has 0 unspecified atom stereocenters. The average molecular weight is 168 g/mol. The van der Waals surface area contributed by atoms with Gasteiger partial charge in [0, 0.05) is 10.9 Å². The molecule has 3 heteroatoms. The van der Waals surface area contributed by atoms with Crippen molar-refractivity contribution in [1.82, 2.24) is 0 Å². The molecule has 1 heterocycles. The first-order valence-electron chi connectivity index (χ1n) is 3.21. The van der Waals surface area contributed by atoms with Crippen molar-refractivity contribution < 1.29 is 9.59 Å². The predicted molar refractivity (Wildman–Crippen MR) is 44.3 cm³/mol. The highest BCUT2D eigenvalue weighted by molar-refractivity contribution is 7.12. The summed E-state index contributed by atoms with van der Waals surface area (Å²) >= 11 is 1.32. The molecule has 0 aliphatic heterocycles. The van der Waals surface area contributed by atoms with Gasteiger partial charge in [-0.25, -0.2) is 0 Å². The summed E-state index contributed by atoms with van der Waals surface area (Å²) in [5.41, 5.74) is 0.625. The molecule has 0 spiro atoms. The van der Waals surface area contributed by atoms with Gasteiger partial charge in [-0.05, 0) is 19.9 Å². The lowest BCUT2D eigenvalue weighted by molar-refractivity contribution is 0.101. The van der Waals surface area contributed by atoms with Crippen LogP contribution in [0.5, 0.6) is 0 Å². The normalized spacial score (nSPS) is 9.64. The molecule has 58 valence electrons. The fourth-order valence-corrected chi connectivity index (χ4v) is 1.55. The van der Waals surface area contributed by atoms with Gasteiger partial charge in [-0.2, -0.15) is 0 Å². The average Bonchev–Trinajstić information content (AvgIpc) is 2.33. The van der Waals surface area contributed by atoms with Gasteiger partial charge in [0.2, 0.25) is 0 Å².